The van der Waals surface area contributed by atoms with Crippen LogP contribution in [0, 0.1) is 5.82 Å². The zero-order valence-corrected chi connectivity index (χ0v) is 26.8. The minimum atomic E-state index is -4.78. The van der Waals surface area contributed by atoms with E-state index >= 15 is 0 Å². The lowest BCUT2D eigenvalue weighted by molar-refractivity contribution is -0.159. The van der Waals surface area contributed by atoms with Gasteiger partial charge in [0.2, 0.25) is 5.82 Å². The Bertz CT molecular complexity index is 1980. The molecule has 5 heterocycles. The zero-order valence-electron chi connectivity index (χ0n) is 26.1. The summed E-state index contributed by atoms with van der Waals surface area (Å²) in [4.78, 5) is 10.5. The van der Waals surface area contributed by atoms with E-state index in [9.17, 15) is 17.6 Å². The van der Waals surface area contributed by atoms with Gasteiger partial charge in [-0.1, -0.05) is 28.9 Å². The summed E-state index contributed by atoms with van der Waals surface area (Å²) in [6.07, 6.45) is -3.30. The number of benzene rings is 2. The van der Waals surface area contributed by atoms with Crippen molar-refractivity contribution >= 4 is 22.8 Å². The fourth-order valence-electron chi connectivity index (χ4n) is 6.21. The maximum Gasteiger partial charge on any atom is 0.471 e. The monoisotopic (exact) mass is 687 g/mol. The summed E-state index contributed by atoms with van der Waals surface area (Å²) in [5, 5.41) is 12.1. The summed E-state index contributed by atoms with van der Waals surface area (Å²) in [7, 11) is 1.61. The fraction of sp³-hybridized carbons (Fsp3) is 0.406. The highest BCUT2D eigenvalue weighted by Gasteiger charge is 2.43. The third-order valence-electron chi connectivity index (χ3n) is 8.74. The average Bonchev–Trinajstić information content (AvgIpc) is 3.77. The third kappa shape index (κ3) is 6.05. The van der Waals surface area contributed by atoms with E-state index in [4.69, 9.17) is 30.8 Å². The number of ether oxygens (including phenoxy) is 3. The molecule has 1 unspecified atom stereocenters. The Morgan fingerprint density at radius 1 is 1.08 bits per heavy atom. The molecular weight excluding hydrogens is 658 g/mol. The van der Waals surface area contributed by atoms with Crippen molar-refractivity contribution in [3.8, 4) is 23.0 Å². The first kappa shape index (κ1) is 32.2. The van der Waals surface area contributed by atoms with Gasteiger partial charge in [-0.15, -0.1) is 10.2 Å². The molecule has 2 aliphatic rings. The van der Waals surface area contributed by atoms with Crippen molar-refractivity contribution in [1.29, 1.82) is 0 Å². The smallest absolute Gasteiger partial charge is 0.444 e. The van der Waals surface area contributed by atoms with Crippen LogP contribution in [-0.2, 0) is 29.8 Å². The summed E-state index contributed by atoms with van der Waals surface area (Å²) >= 11 is 5.97. The second kappa shape index (κ2) is 12.3. The normalized spacial score (nSPS) is 19.3. The van der Waals surface area contributed by atoms with Crippen molar-refractivity contribution in [3.63, 3.8) is 0 Å². The maximum absolute atomic E-state index is 14.9. The molecule has 7 rings (SSSR count). The number of para-hydroxylation sites is 1. The van der Waals surface area contributed by atoms with Gasteiger partial charge in [-0.05, 0) is 69.1 Å². The lowest BCUT2D eigenvalue weighted by atomic mass is 9.88. The quantitative estimate of drug-likeness (QED) is 0.162. The highest BCUT2D eigenvalue weighted by molar-refractivity contribution is 6.30. The third-order valence-corrected chi connectivity index (χ3v) is 8.97. The number of halogens is 5. The van der Waals surface area contributed by atoms with Crippen LogP contribution in [-0.4, -0.2) is 61.1 Å². The van der Waals surface area contributed by atoms with Gasteiger partial charge in [-0.3, -0.25) is 4.90 Å². The maximum atomic E-state index is 14.9. The summed E-state index contributed by atoms with van der Waals surface area (Å²) in [6.45, 7) is 6.04. The minimum Gasteiger partial charge on any atom is -0.444 e. The number of imidazole rings is 1. The molecule has 5 aromatic rings. The molecule has 2 aromatic carbocycles. The van der Waals surface area contributed by atoms with Crippen LogP contribution < -0.4 is 9.47 Å². The first-order valence-electron chi connectivity index (χ1n) is 15.3. The average molecular weight is 688 g/mol. The Morgan fingerprint density at radius 2 is 1.88 bits per heavy atom. The summed E-state index contributed by atoms with van der Waals surface area (Å²) < 4.78 is 78.1. The number of fused-ring (bicyclic) bond motifs is 2. The van der Waals surface area contributed by atoms with Gasteiger partial charge in [-0.2, -0.15) is 18.2 Å². The summed E-state index contributed by atoms with van der Waals surface area (Å²) in [5.74, 6) is -1.58. The molecule has 0 aliphatic carbocycles. The lowest BCUT2D eigenvalue weighted by Crippen LogP contribution is -2.34. The van der Waals surface area contributed by atoms with Gasteiger partial charge in [0.05, 0.1) is 24.8 Å². The number of hydrogen-bond donors (Lipinski definition) is 0. The second-order valence-corrected chi connectivity index (χ2v) is 12.5. The van der Waals surface area contributed by atoms with Crippen LogP contribution in [0.25, 0.3) is 22.7 Å². The molecule has 1 saturated heterocycles. The topological polar surface area (TPSA) is 113 Å². The molecule has 1 fully saturated rings. The predicted octanol–water partition coefficient (Wildman–Crippen LogP) is 6.75. The van der Waals surface area contributed by atoms with E-state index in [0.717, 1.165) is 31.5 Å². The Labute approximate surface area is 276 Å². The van der Waals surface area contributed by atoms with Crippen molar-refractivity contribution in [3.05, 3.63) is 76.1 Å². The van der Waals surface area contributed by atoms with Gasteiger partial charge < -0.3 is 23.3 Å². The Balaban J connectivity index is 1.09. The highest BCUT2D eigenvalue weighted by Crippen LogP contribution is 2.50. The van der Waals surface area contributed by atoms with Crippen LogP contribution in [0.4, 0.5) is 17.6 Å². The van der Waals surface area contributed by atoms with Gasteiger partial charge in [-0.25, -0.2) is 9.37 Å². The molecule has 16 heteroatoms. The number of piperidine rings is 1. The van der Waals surface area contributed by atoms with Crippen molar-refractivity contribution < 1.29 is 36.3 Å². The summed E-state index contributed by atoms with van der Waals surface area (Å²) in [6, 6.07) is 11.7. The van der Waals surface area contributed by atoms with E-state index in [1.807, 2.05) is 29.7 Å². The van der Waals surface area contributed by atoms with Crippen LogP contribution in [0.1, 0.15) is 55.4 Å². The van der Waals surface area contributed by atoms with Crippen LogP contribution >= 0.6 is 11.6 Å². The van der Waals surface area contributed by atoms with Crippen LogP contribution in [0.3, 0.4) is 0 Å². The predicted molar refractivity (Wildman–Crippen MR) is 164 cm³/mol. The number of rotatable bonds is 8. The molecule has 0 N–H and O–H groups in total. The Morgan fingerprint density at radius 3 is 2.58 bits per heavy atom. The number of aromatic nitrogens is 6. The minimum absolute atomic E-state index is 0.00930. The first-order chi connectivity index (χ1) is 22.9. The van der Waals surface area contributed by atoms with Crippen molar-refractivity contribution in [2.45, 2.75) is 63.8 Å². The number of nitrogens with zero attached hydrogens (tertiary/aromatic N) is 7. The van der Waals surface area contributed by atoms with E-state index in [1.165, 1.54) is 12.1 Å². The largest absolute Gasteiger partial charge is 0.471 e. The molecule has 0 saturated carbocycles. The molecule has 11 nitrogen and oxygen atoms in total. The highest BCUT2D eigenvalue weighted by atomic mass is 35.5. The standard InChI is InChI=1S/C32H30ClF4N7O4/c1-17(45-3)15-44-26(38-24-14-23(40-41-29(24)44)28-39-30(48-42-28)32(35,36)37)16-43-11-9-18(10-12-43)20-5-4-6-25-27(20)47-31(2,46-25)21-8-7-19(33)13-22(21)34/h4-8,13-14,17-18H,9-12,15-16H2,1-3H3/t17?,31-/m0/s1. The van der Waals surface area contributed by atoms with E-state index in [0.29, 0.717) is 41.6 Å². The fourth-order valence-corrected chi connectivity index (χ4v) is 6.37. The van der Waals surface area contributed by atoms with Crippen molar-refractivity contribution in [2.75, 3.05) is 20.2 Å². The SMILES string of the molecule is COC(C)Cn1c(CN2CCC(c3cccc4c3O[C@@](C)(c3ccc(Cl)cc3F)O4)CC2)nc2cc(-c3noc(C(F)(F)F)n3)nnc21. The van der Waals surface area contributed by atoms with E-state index in [2.05, 4.69) is 29.8 Å². The molecular formula is C32H30ClF4N7O4. The second-order valence-electron chi connectivity index (χ2n) is 12.0. The van der Waals surface area contributed by atoms with Gasteiger partial charge >= 0.3 is 12.1 Å². The number of likely N-dealkylation sites (tertiary alicyclic amines) is 1. The molecule has 0 radical (unpaired) electrons. The first-order valence-corrected chi connectivity index (χ1v) is 15.7. The van der Waals surface area contributed by atoms with E-state index in [1.54, 1.807) is 26.2 Å². The Kier molecular flexibility index (Phi) is 8.24. The van der Waals surface area contributed by atoms with Crippen molar-refractivity contribution in [1.82, 2.24) is 34.8 Å². The van der Waals surface area contributed by atoms with Gasteiger partial charge in [0.15, 0.2) is 17.1 Å². The molecule has 48 heavy (non-hydrogen) atoms. The number of hydrogen-bond acceptors (Lipinski definition) is 10. The zero-order chi connectivity index (χ0) is 33.8. The lowest BCUT2D eigenvalue weighted by Gasteiger charge is -2.32. The van der Waals surface area contributed by atoms with E-state index < -0.39 is 23.7 Å². The molecule has 252 valence electrons. The molecule has 2 atom stereocenters. The molecule has 0 bridgehead atoms. The molecule has 2 aliphatic heterocycles. The van der Waals surface area contributed by atoms with Crippen LogP contribution in [0.15, 0.2) is 47.0 Å². The van der Waals surface area contributed by atoms with Crippen molar-refractivity contribution in [2.24, 2.45) is 0 Å². The number of methoxy groups -OCH3 is 1. The Hall–Kier alpha value is -4.34. The van der Waals surface area contributed by atoms with E-state index in [-0.39, 0.29) is 34.1 Å². The number of alkyl halides is 3. The van der Waals surface area contributed by atoms with Crippen LogP contribution in [0.5, 0.6) is 11.5 Å². The van der Waals surface area contributed by atoms with Gasteiger partial charge in [0, 0.05) is 24.6 Å². The van der Waals surface area contributed by atoms with Gasteiger partial charge in [0.25, 0.3) is 5.79 Å². The summed E-state index contributed by atoms with van der Waals surface area (Å²) in [5.41, 5.74) is 2.17. The molecule has 3 aromatic heterocycles. The van der Waals surface area contributed by atoms with Gasteiger partial charge in [0.1, 0.15) is 22.9 Å². The molecule has 0 spiro atoms. The van der Waals surface area contributed by atoms with Crippen LogP contribution in [0.2, 0.25) is 5.02 Å². The molecule has 0 amide bonds.